The molecule has 0 aliphatic rings. The van der Waals surface area contributed by atoms with Crippen LogP contribution >= 0.6 is 0 Å². The van der Waals surface area contributed by atoms with Gasteiger partial charge in [-0.05, 0) is 44.9 Å². The molecule has 0 rings (SSSR count). The largest absolute Gasteiger partial charge is 0.356 e. The maximum atomic E-state index is 13.3. The minimum atomic E-state index is 0.244. The van der Waals surface area contributed by atoms with E-state index in [9.17, 15) is 4.79 Å². The van der Waals surface area contributed by atoms with E-state index in [2.05, 4.69) is 38.2 Å². The molecule has 1 amide bonds. The summed E-state index contributed by atoms with van der Waals surface area (Å²) in [5, 5.41) is 3.39. The third-order valence-corrected chi connectivity index (χ3v) is 12.7. The van der Waals surface area contributed by atoms with Crippen LogP contribution in [0.4, 0.5) is 0 Å². The standard InChI is InChI=1S/C54H107NO/c1-4-7-10-13-16-19-22-25-28-30-33-36-39-42-45-48-51-53(50-47-44-41-38-35-32-27-24-21-18-15-12-9-6-3)54(56)55-52-49-46-43-40-37-34-31-29-26-23-20-17-14-11-8-5-2/h26,29,53H,4-25,27-28,30-52H2,1-3H3,(H,55,56)/b29-26-. The van der Waals surface area contributed by atoms with Crippen LogP contribution in [0.3, 0.4) is 0 Å². The van der Waals surface area contributed by atoms with Gasteiger partial charge in [0.05, 0.1) is 0 Å². The molecule has 0 aromatic heterocycles. The van der Waals surface area contributed by atoms with Crippen LogP contribution in [0.25, 0.3) is 0 Å². The zero-order valence-corrected chi connectivity index (χ0v) is 39.4. The second kappa shape index (κ2) is 50.4. The predicted octanol–water partition coefficient (Wildman–Crippen LogP) is 19.3. The van der Waals surface area contributed by atoms with Gasteiger partial charge in [0.1, 0.15) is 0 Å². The van der Waals surface area contributed by atoms with Crippen molar-refractivity contribution in [2.24, 2.45) is 5.92 Å². The first-order valence-electron chi connectivity index (χ1n) is 26.7. The first-order chi connectivity index (χ1) is 27.8. The minimum Gasteiger partial charge on any atom is -0.356 e. The first-order valence-corrected chi connectivity index (χ1v) is 26.7. The fourth-order valence-electron chi connectivity index (χ4n) is 8.66. The average Bonchev–Trinajstić information content (AvgIpc) is 3.21. The van der Waals surface area contributed by atoms with E-state index < -0.39 is 0 Å². The molecule has 0 spiro atoms. The molecule has 1 unspecified atom stereocenters. The molecule has 56 heavy (non-hydrogen) atoms. The number of allylic oxidation sites excluding steroid dienone is 2. The molecule has 0 aromatic carbocycles. The molecule has 2 nitrogen and oxygen atoms in total. The van der Waals surface area contributed by atoms with Gasteiger partial charge < -0.3 is 5.32 Å². The van der Waals surface area contributed by atoms with Crippen molar-refractivity contribution >= 4 is 5.91 Å². The van der Waals surface area contributed by atoms with Crippen LogP contribution in [-0.2, 0) is 4.79 Å². The monoisotopic (exact) mass is 786 g/mol. The number of carbonyl (C=O) groups is 1. The van der Waals surface area contributed by atoms with Crippen molar-refractivity contribution in [2.75, 3.05) is 6.54 Å². The Bertz CT molecular complexity index is 745. The van der Waals surface area contributed by atoms with E-state index in [1.54, 1.807) is 0 Å². The summed E-state index contributed by atoms with van der Waals surface area (Å²) in [4.78, 5) is 13.3. The normalized spacial score (nSPS) is 12.3. The molecule has 1 atom stereocenters. The molecular formula is C54H107NO. The summed E-state index contributed by atoms with van der Waals surface area (Å²) in [6.45, 7) is 7.79. The molecule has 0 aliphatic carbocycles. The minimum absolute atomic E-state index is 0.244. The lowest BCUT2D eigenvalue weighted by molar-refractivity contribution is -0.125. The van der Waals surface area contributed by atoms with E-state index in [1.807, 2.05) is 0 Å². The Hall–Kier alpha value is -0.790. The van der Waals surface area contributed by atoms with Gasteiger partial charge in [-0.1, -0.05) is 283 Å². The van der Waals surface area contributed by atoms with Gasteiger partial charge in [-0.2, -0.15) is 0 Å². The van der Waals surface area contributed by atoms with Gasteiger partial charge in [0.2, 0.25) is 5.91 Å². The number of carbonyl (C=O) groups excluding carboxylic acids is 1. The number of hydrogen-bond donors (Lipinski definition) is 1. The van der Waals surface area contributed by atoms with Gasteiger partial charge >= 0.3 is 0 Å². The lowest BCUT2D eigenvalue weighted by Gasteiger charge is -2.17. The Morgan fingerprint density at radius 2 is 0.554 bits per heavy atom. The van der Waals surface area contributed by atoms with Crippen molar-refractivity contribution in [1.82, 2.24) is 5.32 Å². The average molecular weight is 786 g/mol. The topological polar surface area (TPSA) is 29.1 Å². The van der Waals surface area contributed by atoms with E-state index >= 15 is 0 Å². The number of amides is 1. The van der Waals surface area contributed by atoms with E-state index in [0.717, 1.165) is 25.8 Å². The van der Waals surface area contributed by atoms with Gasteiger partial charge in [-0.15, -0.1) is 0 Å². The van der Waals surface area contributed by atoms with Crippen LogP contribution in [0.2, 0.25) is 0 Å². The van der Waals surface area contributed by atoms with E-state index in [1.165, 1.54) is 276 Å². The predicted molar refractivity (Wildman–Crippen MR) is 255 cm³/mol. The van der Waals surface area contributed by atoms with Gasteiger partial charge in [0.15, 0.2) is 0 Å². The molecule has 0 radical (unpaired) electrons. The highest BCUT2D eigenvalue weighted by Crippen LogP contribution is 2.21. The summed E-state index contributed by atoms with van der Waals surface area (Å²) >= 11 is 0. The molecule has 0 aromatic rings. The number of unbranched alkanes of at least 4 members (excludes halogenated alkanes) is 40. The lowest BCUT2D eigenvalue weighted by atomic mass is 9.93. The van der Waals surface area contributed by atoms with Gasteiger partial charge in [0, 0.05) is 12.5 Å². The first kappa shape index (κ1) is 55.2. The van der Waals surface area contributed by atoms with Gasteiger partial charge in [-0.25, -0.2) is 0 Å². The molecule has 0 bridgehead atoms. The Morgan fingerprint density at radius 3 is 0.839 bits per heavy atom. The third kappa shape index (κ3) is 45.9. The molecule has 0 saturated carbocycles. The summed E-state index contributed by atoms with van der Waals surface area (Å²) in [6.07, 6.45) is 67.9. The van der Waals surface area contributed by atoms with Crippen molar-refractivity contribution in [1.29, 1.82) is 0 Å². The molecule has 1 N–H and O–H groups in total. The Labute approximate surface area is 355 Å². The molecular weight excluding hydrogens is 679 g/mol. The zero-order valence-electron chi connectivity index (χ0n) is 39.4. The third-order valence-electron chi connectivity index (χ3n) is 12.7. The summed E-state index contributed by atoms with van der Waals surface area (Å²) < 4.78 is 0. The van der Waals surface area contributed by atoms with Crippen LogP contribution in [0.15, 0.2) is 12.2 Å². The quantitative estimate of drug-likeness (QED) is 0.0483. The maximum Gasteiger partial charge on any atom is 0.223 e. The number of rotatable bonds is 49. The Balaban J connectivity index is 4.10. The molecule has 0 aliphatic heterocycles. The van der Waals surface area contributed by atoms with Crippen molar-refractivity contribution in [3.05, 3.63) is 12.2 Å². The maximum absolute atomic E-state index is 13.3. The molecule has 2 heteroatoms. The summed E-state index contributed by atoms with van der Waals surface area (Å²) in [7, 11) is 0. The number of nitrogens with one attached hydrogen (secondary N) is 1. The number of hydrogen-bond acceptors (Lipinski definition) is 1. The molecule has 0 fully saturated rings. The van der Waals surface area contributed by atoms with E-state index in [0.29, 0.717) is 5.91 Å². The fourth-order valence-corrected chi connectivity index (χ4v) is 8.66. The zero-order chi connectivity index (χ0) is 40.5. The van der Waals surface area contributed by atoms with Crippen LogP contribution in [0.5, 0.6) is 0 Å². The van der Waals surface area contributed by atoms with Crippen molar-refractivity contribution in [3.63, 3.8) is 0 Å². The van der Waals surface area contributed by atoms with Crippen molar-refractivity contribution in [3.8, 4) is 0 Å². The van der Waals surface area contributed by atoms with Crippen molar-refractivity contribution < 1.29 is 4.79 Å². The highest BCUT2D eigenvalue weighted by atomic mass is 16.1. The van der Waals surface area contributed by atoms with Crippen LogP contribution < -0.4 is 5.32 Å². The van der Waals surface area contributed by atoms with Crippen LogP contribution in [0, 0.1) is 5.92 Å². The van der Waals surface area contributed by atoms with Crippen molar-refractivity contribution in [2.45, 2.75) is 316 Å². The molecule has 0 saturated heterocycles. The lowest BCUT2D eigenvalue weighted by Crippen LogP contribution is -2.31. The smallest absolute Gasteiger partial charge is 0.223 e. The molecule has 0 heterocycles. The second-order valence-electron chi connectivity index (χ2n) is 18.4. The summed E-state index contributed by atoms with van der Waals surface area (Å²) in [5.41, 5.74) is 0. The summed E-state index contributed by atoms with van der Waals surface area (Å²) in [5.74, 6) is 0.612. The fraction of sp³-hybridized carbons (Fsp3) is 0.944. The van der Waals surface area contributed by atoms with E-state index in [-0.39, 0.29) is 5.92 Å². The van der Waals surface area contributed by atoms with Gasteiger partial charge in [0.25, 0.3) is 0 Å². The Morgan fingerprint density at radius 1 is 0.321 bits per heavy atom. The van der Waals surface area contributed by atoms with E-state index in [4.69, 9.17) is 0 Å². The highest BCUT2D eigenvalue weighted by molar-refractivity contribution is 5.78. The molecule has 334 valence electrons. The van der Waals surface area contributed by atoms with Gasteiger partial charge in [-0.3, -0.25) is 4.79 Å². The van der Waals surface area contributed by atoms with Crippen LogP contribution in [-0.4, -0.2) is 12.5 Å². The summed E-state index contributed by atoms with van der Waals surface area (Å²) in [6, 6.07) is 0. The second-order valence-corrected chi connectivity index (χ2v) is 18.4. The van der Waals surface area contributed by atoms with Crippen LogP contribution in [0.1, 0.15) is 316 Å². The highest BCUT2D eigenvalue weighted by Gasteiger charge is 2.17. The Kier molecular flexibility index (Phi) is 49.6. The SMILES string of the molecule is CCCCCCCC/C=C\CCCCCCCCNC(=O)C(CCCCCCCCCCCCCCCC)CCCCCCCCCCCCCCCCCC.